The molecule has 0 bridgehead atoms. The van der Waals surface area contributed by atoms with Crippen LogP contribution >= 0.6 is 0 Å². The molecule has 8 amide bonds. The molecule has 16 rings (SSSR count). The fourth-order valence-electron chi connectivity index (χ4n) is 16.8. The second kappa shape index (κ2) is 42.6. The third-order valence-electron chi connectivity index (χ3n) is 24.1. The predicted molar refractivity (Wildman–Crippen MR) is 485 cm³/mol. The molecule has 20 N–H and O–H groups in total. The van der Waals surface area contributed by atoms with Crippen molar-refractivity contribution in [1.29, 1.82) is 0 Å². The minimum Gasteiger partial charge on any atom is -0.383 e. The van der Waals surface area contributed by atoms with Crippen LogP contribution in [0.15, 0.2) is 140 Å². The molecule has 4 aliphatic rings. The van der Waals surface area contributed by atoms with Crippen molar-refractivity contribution in [3.05, 3.63) is 281 Å². The van der Waals surface area contributed by atoms with Crippen LogP contribution in [0.25, 0.3) is 45.0 Å². The first kappa shape index (κ1) is 97.4. The maximum atomic E-state index is 15.1. The van der Waals surface area contributed by atoms with E-state index < -0.39 is 112 Å². The number of carbonyl (C=O) groups excluding carboxylic acids is 8. The van der Waals surface area contributed by atoms with Gasteiger partial charge in [0.1, 0.15) is 97.4 Å². The monoisotopic (exact) mass is 1860 g/mol. The molecule has 2 atom stereocenters. The number of hydrogen-bond acceptors (Lipinski definition) is 18. The molecular formula is C96H99F9N20O10. The van der Waals surface area contributed by atoms with Crippen LogP contribution in [0.1, 0.15) is 229 Å². The molecule has 12 aromatic rings. The Hall–Kier alpha value is -15.2. The minimum absolute atomic E-state index is 0.00869. The number of amides is 8. The van der Waals surface area contributed by atoms with Crippen LogP contribution in [0.2, 0.25) is 0 Å². The van der Waals surface area contributed by atoms with Crippen molar-refractivity contribution < 1.29 is 87.3 Å². The number of benzene rings is 8. The van der Waals surface area contributed by atoms with Crippen molar-refractivity contribution in [1.82, 2.24) is 60.4 Å². The maximum Gasteiger partial charge on any atom is 0.254 e. The molecule has 2 unspecified atom stereocenters. The van der Waals surface area contributed by atoms with Gasteiger partial charge in [-0.2, -0.15) is 20.4 Å². The van der Waals surface area contributed by atoms with Crippen LogP contribution in [-0.4, -0.2) is 113 Å². The number of anilines is 4. The van der Waals surface area contributed by atoms with Crippen LogP contribution < -0.4 is 67.1 Å². The Labute approximate surface area is 768 Å². The van der Waals surface area contributed by atoms with E-state index in [1.54, 1.807) is 100 Å². The molecule has 39 heteroatoms. The first-order chi connectivity index (χ1) is 64.5. The Morgan fingerprint density at radius 1 is 0.341 bits per heavy atom. The number of ether oxygens (including phenoxy) is 2. The van der Waals surface area contributed by atoms with Gasteiger partial charge in [0, 0.05) is 106 Å². The average molecular weight is 1860 g/mol. The smallest absolute Gasteiger partial charge is 0.254 e. The zero-order valence-corrected chi connectivity index (χ0v) is 73.9. The van der Waals surface area contributed by atoms with Gasteiger partial charge in [-0.3, -0.25) is 38.4 Å². The van der Waals surface area contributed by atoms with Gasteiger partial charge in [0.15, 0.2) is 23.3 Å². The summed E-state index contributed by atoms with van der Waals surface area (Å²) in [7, 11) is 0. The van der Waals surface area contributed by atoms with Crippen molar-refractivity contribution >= 4 is 70.5 Å². The third-order valence-corrected chi connectivity index (χ3v) is 24.1. The second-order valence-electron chi connectivity index (χ2n) is 33.1. The van der Waals surface area contributed by atoms with E-state index in [0.717, 1.165) is 111 Å². The zero-order valence-electron chi connectivity index (χ0n) is 73.9. The first-order valence-corrected chi connectivity index (χ1v) is 43.4. The Balaban J connectivity index is 0.000000152. The fourth-order valence-corrected chi connectivity index (χ4v) is 16.8. The Morgan fingerprint density at radius 2 is 0.674 bits per heavy atom. The highest BCUT2D eigenvalue weighted by molar-refractivity contribution is 6.06. The van der Waals surface area contributed by atoms with Gasteiger partial charge in [0.05, 0.1) is 37.4 Å². The summed E-state index contributed by atoms with van der Waals surface area (Å²) in [5.41, 5.74) is 48.5. The zero-order chi connectivity index (χ0) is 97.1. The van der Waals surface area contributed by atoms with Gasteiger partial charge < -0.3 is 76.6 Å². The average Bonchev–Trinajstić information content (AvgIpc) is 1.58. The number of halogens is 9. The number of rotatable bonds is 24. The summed E-state index contributed by atoms with van der Waals surface area (Å²) in [5.74, 6) is -14.1. The van der Waals surface area contributed by atoms with Gasteiger partial charge in [0.25, 0.3) is 47.3 Å². The number of nitrogens with one attached hydrogen (secondary N) is 4. The number of nitrogen functional groups attached to an aromatic ring is 4. The van der Waals surface area contributed by atoms with Crippen LogP contribution in [0.5, 0.6) is 0 Å². The molecular weight excluding hydrogens is 1760 g/mol. The molecule has 2 saturated carbocycles. The minimum atomic E-state index is -1.21. The summed E-state index contributed by atoms with van der Waals surface area (Å²) in [5, 5.41) is 27.6. The number of hydrogen-bond donors (Lipinski definition) is 12. The molecule has 6 heterocycles. The Morgan fingerprint density at radius 3 is 1.05 bits per heavy atom. The highest BCUT2D eigenvalue weighted by Crippen LogP contribution is 2.42. The molecule has 135 heavy (non-hydrogen) atoms. The summed E-state index contributed by atoms with van der Waals surface area (Å²) in [6.45, 7) is 7.71. The van der Waals surface area contributed by atoms with E-state index in [1.165, 1.54) is 55.1 Å². The van der Waals surface area contributed by atoms with Gasteiger partial charge in [-0.15, -0.1) is 0 Å². The number of aryl methyl sites for hydroxylation is 4. The molecule has 0 radical (unpaired) electrons. The standard InChI is InChI=1S/C24H24F3N5O3.C24H25F2N5O3.2C24H25F2N5O2/c1-12-4-5-14(25)9-16(12)24(34)30-10-17-18(26)7-13(8-19(17)27)21-20(23(29)33)22(28)32(31-21)15-3-2-6-35-11-15;1-13-5-2-3-7-16(13)24(33)29-11-14-8-9-17(20(26)19(14)25)21-18(23(28)32)22(27)31(30-21)15-6-4-10-34-12-15;1-13-6-2-5-9-16(13)24(33)29-12-14-10-19(26)17(11-18(14)25)21-20(23(28)32)22(27)31(30-21)15-7-3-4-8-15;1-13-6-2-5-9-16(13)24(33)29-12-14-10-11-17(20(26)19(14)25)21-18(23(28)32)22(27)31(30-21)15-7-3-4-8-15/h4-5,7-9,15H,2-3,6,10-11,28H2,1H3,(H2,29,33)(H,30,34);2-3,5,7-9,15H,4,6,10-12,27H2,1H3,(H2,28,32)(H,29,33);2*2,5-6,9-11,15H,3-4,7-8,12,27H2,1H3,(H2,28,32)(H,29,33). The van der Waals surface area contributed by atoms with E-state index in [0.29, 0.717) is 61.5 Å². The lowest BCUT2D eigenvalue weighted by Crippen LogP contribution is -2.25. The summed E-state index contributed by atoms with van der Waals surface area (Å²) in [6, 6.07) is 33.3. The van der Waals surface area contributed by atoms with E-state index in [-0.39, 0.29) is 157 Å². The van der Waals surface area contributed by atoms with Gasteiger partial charge in [-0.05, 0) is 168 Å². The topological polar surface area (TPSA) is 483 Å². The van der Waals surface area contributed by atoms with Gasteiger partial charge >= 0.3 is 0 Å². The normalized spacial score (nSPS) is 14.9. The second-order valence-corrected chi connectivity index (χ2v) is 33.1. The van der Waals surface area contributed by atoms with E-state index in [1.807, 2.05) is 0 Å². The highest BCUT2D eigenvalue weighted by atomic mass is 19.2. The predicted octanol–water partition coefficient (Wildman–Crippen LogP) is 14.1. The fraction of sp³-hybridized carbons (Fsp3) is 0.292. The van der Waals surface area contributed by atoms with E-state index in [2.05, 4.69) is 41.7 Å². The molecule has 8 aromatic carbocycles. The third kappa shape index (κ3) is 21.5. The number of aromatic nitrogens is 8. The molecule has 4 aromatic heterocycles. The Bertz CT molecular complexity index is 6410. The van der Waals surface area contributed by atoms with Crippen molar-refractivity contribution in [2.24, 2.45) is 22.9 Å². The first-order valence-electron chi connectivity index (χ1n) is 43.4. The van der Waals surface area contributed by atoms with Crippen molar-refractivity contribution in [2.75, 3.05) is 49.4 Å². The number of carbonyl (C=O) groups is 8. The molecule has 2 aliphatic carbocycles. The largest absolute Gasteiger partial charge is 0.383 e. The van der Waals surface area contributed by atoms with E-state index in [4.69, 9.17) is 55.3 Å². The van der Waals surface area contributed by atoms with Crippen molar-refractivity contribution in [3.8, 4) is 45.0 Å². The SMILES string of the molecule is Cc1ccc(F)cc1C(=O)NCc1c(F)cc(-c2nn(C3CCCOC3)c(N)c2C(N)=O)cc1F.Cc1ccccc1C(=O)NCc1cc(F)c(-c2nn(C3CCCC3)c(N)c2C(N)=O)cc1F.Cc1ccccc1C(=O)NCc1ccc(-c2nn(C3CCCC3)c(N)c2C(N)=O)c(F)c1F.Cc1ccccc1C(=O)NCc1ccc(-c2nn(C3CCCOC3)c(N)c2C(N)=O)c(F)c1F. The van der Waals surface area contributed by atoms with Gasteiger partial charge in [-0.25, -0.2) is 58.2 Å². The molecule has 0 spiro atoms. The molecule has 706 valence electrons. The molecule has 2 aliphatic heterocycles. The number of primary amides is 4. The van der Waals surface area contributed by atoms with E-state index in [9.17, 15) is 64.7 Å². The highest BCUT2D eigenvalue weighted by Gasteiger charge is 2.36. The summed E-state index contributed by atoms with van der Waals surface area (Å²) in [6.07, 6.45) is 10.3. The van der Waals surface area contributed by atoms with Crippen LogP contribution in [0.3, 0.4) is 0 Å². The summed E-state index contributed by atoms with van der Waals surface area (Å²) >= 11 is 0. The van der Waals surface area contributed by atoms with Crippen molar-refractivity contribution in [3.63, 3.8) is 0 Å². The van der Waals surface area contributed by atoms with Crippen LogP contribution in [0.4, 0.5) is 62.8 Å². The van der Waals surface area contributed by atoms with Gasteiger partial charge in [0.2, 0.25) is 0 Å². The van der Waals surface area contributed by atoms with Crippen LogP contribution in [-0.2, 0) is 35.7 Å². The Kier molecular flexibility index (Phi) is 30.7. The quantitative estimate of drug-likeness (QED) is 0.0250. The van der Waals surface area contributed by atoms with E-state index >= 15 is 13.2 Å². The summed E-state index contributed by atoms with van der Waals surface area (Å²) < 4.78 is 150. The molecule has 4 fully saturated rings. The van der Waals surface area contributed by atoms with Gasteiger partial charge in [-0.1, -0.05) is 98.5 Å². The maximum absolute atomic E-state index is 15.1. The molecule has 2 saturated heterocycles. The number of nitrogens with zero attached hydrogens (tertiary/aromatic N) is 8. The lowest BCUT2D eigenvalue weighted by atomic mass is 10.0. The lowest BCUT2D eigenvalue weighted by molar-refractivity contribution is 0.0557. The summed E-state index contributed by atoms with van der Waals surface area (Å²) in [4.78, 5) is 98.0. The number of nitrogens with two attached hydrogens (primary N) is 8. The lowest BCUT2D eigenvalue weighted by Gasteiger charge is -2.23. The van der Waals surface area contributed by atoms with Crippen molar-refractivity contribution in [2.45, 2.75) is 155 Å². The van der Waals surface area contributed by atoms with Crippen LogP contribution in [0, 0.1) is 80.0 Å². The molecule has 30 nitrogen and oxygen atoms in total.